The standard InChI is InChI=1S/C55H63N3O7S/c1-6-20-62-22-23-63-21-19-56(35-55(3,4)66)45-26-37(33-64-50-30-39-15-17-43-28-41-11-7-9-13-48(41)57(43)53(59)46(39)24-36(50)2)25-38(27-45)34-65-52-31-40-16-18-44-29-42-12-8-10-14-49(42)58(44)54(60)47(40)32-51(52)61-5/h7-14,24-27,30-32,43-44,66H,6,15-23,28-29,33-35H2,1-5H3/t43-,44+/m0/s1. The number of carbonyl (C=O) groups excluding carboxylic acids is 2. The van der Waals surface area contributed by atoms with Crippen molar-refractivity contribution in [3.8, 4) is 17.2 Å². The van der Waals surface area contributed by atoms with Crippen molar-refractivity contribution < 1.29 is 33.3 Å². The molecule has 0 spiro atoms. The highest BCUT2D eigenvalue weighted by Gasteiger charge is 2.39. The van der Waals surface area contributed by atoms with Crippen LogP contribution in [-0.4, -0.2) is 75.3 Å². The normalized spacial score (nSPS) is 17.2. The molecule has 0 saturated heterocycles. The van der Waals surface area contributed by atoms with Crippen LogP contribution in [-0.2, 0) is 48.4 Å². The van der Waals surface area contributed by atoms with Crippen molar-refractivity contribution in [3.63, 3.8) is 0 Å². The molecule has 0 aromatic heterocycles. The highest BCUT2D eigenvalue weighted by atomic mass is 32.1. The zero-order valence-corrected chi connectivity index (χ0v) is 40.0. The van der Waals surface area contributed by atoms with E-state index in [4.69, 9.17) is 36.3 Å². The number of rotatable bonds is 18. The molecule has 0 aliphatic carbocycles. The van der Waals surface area contributed by atoms with Crippen molar-refractivity contribution in [1.29, 1.82) is 0 Å². The Balaban J connectivity index is 0.978. The zero-order chi connectivity index (χ0) is 46.0. The summed E-state index contributed by atoms with van der Waals surface area (Å²) in [5.74, 6) is 1.96. The average molecular weight is 910 g/mol. The highest BCUT2D eigenvalue weighted by Crippen LogP contribution is 2.42. The molecule has 2 amide bonds. The molecule has 0 radical (unpaired) electrons. The molecule has 10 nitrogen and oxygen atoms in total. The van der Waals surface area contributed by atoms with Gasteiger partial charge in [-0.05, 0) is 159 Å². The SMILES string of the molecule is CCCOCCOCCN(CC(C)(C)S)c1cc(COc2cc3c(cc2C)C(=O)N2c4ccccc4C[C@@H]2CC3)cc(COc2cc3c(cc2OC)C(=O)N2c4ccccc4C[C@H]2CC3)c1. The van der Waals surface area contributed by atoms with Crippen LogP contribution in [0.4, 0.5) is 17.1 Å². The van der Waals surface area contributed by atoms with Crippen LogP contribution in [0.2, 0.25) is 0 Å². The van der Waals surface area contributed by atoms with Crippen LogP contribution in [0.5, 0.6) is 17.2 Å². The van der Waals surface area contributed by atoms with Gasteiger partial charge in [-0.2, -0.15) is 12.6 Å². The Morgan fingerprint density at radius 1 is 0.667 bits per heavy atom. The number of hydrogen-bond donors (Lipinski definition) is 1. The Morgan fingerprint density at radius 2 is 1.21 bits per heavy atom. The van der Waals surface area contributed by atoms with E-state index in [-0.39, 0.29) is 35.3 Å². The maximum atomic E-state index is 14.2. The number of amides is 2. The van der Waals surface area contributed by atoms with Crippen LogP contribution in [0, 0.1) is 6.92 Å². The molecule has 0 unspecified atom stereocenters. The van der Waals surface area contributed by atoms with Crippen LogP contribution in [0.3, 0.4) is 0 Å². The maximum Gasteiger partial charge on any atom is 0.258 e. The van der Waals surface area contributed by atoms with Gasteiger partial charge in [-0.25, -0.2) is 0 Å². The fraction of sp³-hybridized carbons (Fsp3) is 0.418. The largest absolute Gasteiger partial charge is 0.493 e. The van der Waals surface area contributed by atoms with Gasteiger partial charge in [0.1, 0.15) is 19.0 Å². The summed E-state index contributed by atoms with van der Waals surface area (Å²) in [6.07, 6.45) is 6.05. The topological polar surface area (TPSA) is 90.0 Å². The number of anilines is 3. The first-order valence-electron chi connectivity index (χ1n) is 23.7. The minimum absolute atomic E-state index is 0.00624. The van der Waals surface area contributed by atoms with Crippen molar-refractivity contribution in [1.82, 2.24) is 0 Å². The fourth-order valence-corrected chi connectivity index (χ4v) is 10.4. The highest BCUT2D eigenvalue weighted by molar-refractivity contribution is 7.81. The summed E-state index contributed by atoms with van der Waals surface area (Å²) in [7, 11) is 1.62. The number of hydrogen-bond acceptors (Lipinski definition) is 9. The Morgan fingerprint density at radius 3 is 1.79 bits per heavy atom. The number of methoxy groups -OCH3 is 1. The predicted molar refractivity (Wildman–Crippen MR) is 265 cm³/mol. The monoisotopic (exact) mass is 909 g/mol. The Kier molecular flexibility index (Phi) is 13.7. The molecule has 0 saturated carbocycles. The first-order valence-corrected chi connectivity index (χ1v) is 24.1. The molecule has 0 fully saturated rings. The van der Waals surface area contributed by atoms with E-state index in [1.54, 1.807) is 7.11 Å². The van der Waals surface area contributed by atoms with Gasteiger partial charge in [0, 0.05) is 64.7 Å². The number of benzene rings is 5. The van der Waals surface area contributed by atoms with E-state index < -0.39 is 0 Å². The Labute approximate surface area is 395 Å². The van der Waals surface area contributed by atoms with Gasteiger partial charge in [0.05, 0.1) is 26.9 Å². The van der Waals surface area contributed by atoms with Gasteiger partial charge >= 0.3 is 0 Å². The summed E-state index contributed by atoms with van der Waals surface area (Å²) in [6.45, 7) is 12.6. The molecule has 0 bridgehead atoms. The third-order valence-electron chi connectivity index (χ3n) is 13.3. The fourth-order valence-electron chi connectivity index (χ4n) is 10.2. The number of carbonyl (C=O) groups is 2. The number of para-hydroxylation sites is 2. The van der Waals surface area contributed by atoms with Gasteiger partial charge in [0.25, 0.3) is 11.8 Å². The van der Waals surface area contributed by atoms with Gasteiger partial charge in [-0.15, -0.1) is 0 Å². The van der Waals surface area contributed by atoms with Gasteiger partial charge < -0.3 is 38.4 Å². The Bertz CT molecular complexity index is 2590. The van der Waals surface area contributed by atoms with Gasteiger partial charge in [-0.3, -0.25) is 9.59 Å². The number of ether oxygens (including phenoxy) is 5. The van der Waals surface area contributed by atoms with Crippen molar-refractivity contribution in [2.45, 2.75) is 103 Å². The van der Waals surface area contributed by atoms with Gasteiger partial charge in [0.15, 0.2) is 11.5 Å². The van der Waals surface area contributed by atoms with Crippen LogP contribution in [0.1, 0.15) is 99.7 Å². The molecule has 2 atom stereocenters. The van der Waals surface area contributed by atoms with Crippen molar-refractivity contribution >= 4 is 41.5 Å². The second-order valence-electron chi connectivity index (χ2n) is 18.9. The van der Waals surface area contributed by atoms with E-state index in [0.717, 1.165) is 108 Å². The van der Waals surface area contributed by atoms with Gasteiger partial charge in [-0.1, -0.05) is 43.3 Å². The van der Waals surface area contributed by atoms with Crippen molar-refractivity contribution in [2.24, 2.45) is 0 Å². The molecular formula is C55H63N3O7S. The van der Waals surface area contributed by atoms with Crippen LogP contribution < -0.4 is 28.9 Å². The van der Waals surface area contributed by atoms with E-state index >= 15 is 0 Å². The number of fused-ring (bicyclic) bond motifs is 8. The smallest absolute Gasteiger partial charge is 0.258 e. The molecule has 4 aliphatic heterocycles. The number of aryl methyl sites for hydroxylation is 3. The molecule has 4 aliphatic rings. The minimum atomic E-state index is -0.301. The van der Waals surface area contributed by atoms with Crippen molar-refractivity contribution in [3.05, 3.63) is 141 Å². The predicted octanol–water partition coefficient (Wildman–Crippen LogP) is 10.2. The lowest BCUT2D eigenvalue weighted by Crippen LogP contribution is -2.37. The van der Waals surface area contributed by atoms with Crippen LogP contribution in [0.15, 0.2) is 91.0 Å². The summed E-state index contributed by atoms with van der Waals surface area (Å²) in [5.41, 5.74) is 11.8. The van der Waals surface area contributed by atoms with E-state index in [9.17, 15) is 9.59 Å². The second kappa shape index (κ2) is 19.8. The van der Waals surface area contributed by atoms with Crippen LogP contribution >= 0.6 is 12.6 Å². The molecular weight excluding hydrogens is 847 g/mol. The third kappa shape index (κ3) is 9.80. The van der Waals surface area contributed by atoms with E-state index in [1.807, 2.05) is 59.2 Å². The molecule has 9 rings (SSSR count). The number of nitrogens with zero attached hydrogens (tertiary/aromatic N) is 3. The minimum Gasteiger partial charge on any atom is -0.493 e. The molecule has 5 aromatic carbocycles. The summed E-state index contributed by atoms with van der Waals surface area (Å²) in [6, 6.07) is 31.2. The quantitative estimate of drug-likeness (QED) is 0.0687. The third-order valence-corrected chi connectivity index (χ3v) is 13.5. The first-order chi connectivity index (χ1) is 32.0. The summed E-state index contributed by atoms with van der Waals surface area (Å²) < 4.78 is 30.7. The second-order valence-corrected chi connectivity index (χ2v) is 20.1. The molecule has 4 heterocycles. The summed E-state index contributed by atoms with van der Waals surface area (Å²) >= 11 is 4.97. The molecule has 11 heteroatoms. The summed E-state index contributed by atoms with van der Waals surface area (Å²) in [5, 5.41) is 0. The van der Waals surface area contributed by atoms with Crippen LogP contribution in [0.25, 0.3) is 0 Å². The molecule has 66 heavy (non-hydrogen) atoms. The van der Waals surface area contributed by atoms with Crippen molar-refractivity contribution in [2.75, 3.05) is 61.3 Å². The van der Waals surface area contributed by atoms with E-state index in [2.05, 4.69) is 74.2 Å². The number of thiol groups is 1. The molecule has 0 N–H and O–H groups in total. The van der Waals surface area contributed by atoms with Gasteiger partial charge in [0.2, 0.25) is 0 Å². The lowest BCUT2D eigenvalue weighted by molar-refractivity contribution is 0.0505. The molecule has 346 valence electrons. The lowest BCUT2D eigenvalue weighted by Gasteiger charge is -2.32. The average Bonchev–Trinajstić information content (AvgIpc) is 3.80. The summed E-state index contributed by atoms with van der Waals surface area (Å²) in [4.78, 5) is 34.6. The van der Waals surface area contributed by atoms with E-state index in [1.165, 1.54) is 11.1 Å². The Hall–Kier alpha value is -5.49. The maximum absolute atomic E-state index is 14.2. The zero-order valence-electron chi connectivity index (χ0n) is 39.1. The first kappa shape index (κ1) is 45.7. The molecule has 5 aromatic rings. The van der Waals surface area contributed by atoms with E-state index in [0.29, 0.717) is 56.6 Å². The lowest BCUT2D eigenvalue weighted by atomic mass is 9.98.